The number of benzene rings is 2. The summed E-state index contributed by atoms with van der Waals surface area (Å²) in [5.41, 5.74) is 1.07. The minimum absolute atomic E-state index is 0.101. The predicted molar refractivity (Wildman–Crippen MR) is 126 cm³/mol. The molecule has 1 atom stereocenters. The largest absolute Gasteiger partial charge is 0.351 e. The van der Waals surface area contributed by atoms with E-state index in [0.717, 1.165) is 30.6 Å². The number of carbonyl (C=O) groups is 2. The monoisotopic (exact) mass is 450 g/mol. The Hall–Kier alpha value is -2.99. The standard InChI is InChI=1S/C26H27FN2O2S/c27-20-11-7-14-22(17-20)29(24(30)18-23-15-8-16-32-23)25(19-9-3-1-4-10-19)26(31)28-21-12-5-2-6-13-21/h1,3-4,7-11,14-17,21,25H,2,5-6,12-13,18H2,(H,28,31)/t25-/m0/s1. The van der Waals surface area contributed by atoms with Gasteiger partial charge in [0.25, 0.3) is 0 Å². The van der Waals surface area contributed by atoms with Gasteiger partial charge in [-0.15, -0.1) is 11.3 Å². The maximum absolute atomic E-state index is 14.2. The van der Waals surface area contributed by atoms with Crippen molar-refractivity contribution in [2.24, 2.45) is 0 Å². The Morgan fingerprint density at radius 3 is 2.47 bits per heavy atom. The molecule has 0 bridgehead atoms. The molecule has 0 saturated heterocycles. The van der Waals surface area contributed by atoms with Gasteiger partial charge in [-0.25, -0.2) is 4.39 Å². The third kappa shape index (κ3) is 5.43. The van der Waals surface area contributed by atoms with Crippen molar-refractivity contribution in [1.82, 2.24) is 5.32 Å². The van der Waals surface area contributed by atoms with Crippen LogP contribution in [0.15, 0.2) is 72.1 Å². The second-order valence-corrected chi connectivity index (χ2v) is 9.19. The van der Waals surface area contributed by atoms with Crippen molar-refractivity contribution in [3.8, 4) is 0 Å². The normalized spacial score (nSPS) is 15.2. The Balaban J connectivity index is 1.72. The van der Waals surface area contributed by atoms with Gasteiger partial charge in [0.05, 0.1) is 6.42 Å². The summed E-state index contributed by atoms with van der Waals surface area (Å²) in [5, 5.41) is 5.09. The lowest BCUT2D eigenvalue weighted by Gasteiger charge is -2.33. The van der Waals surface area contributed by atoms with Crippen LogP contribution in [0.1, 0.15) is 48.6 Å². The lowest BCUT2D eigenvalue weighted by atomic mass is 9.94. The molecule has 6 heteroatoms. The van der Waals surface area contributed by atoms with Crippen LogP contribution >= 0.6 is 11.3 Å². The number of thiophene rings is 1. The summed E-state index contributed by atoms with van der Waals surface area (Å²) in [6.45, 7) is 0. The molecule has 1 fully saturated rings. The van der Waals surface area contributed by atoms with Crippen molar-refractivity contribution >= 4 is 28.8 Å². The Labute approximate surface area is 192 Å². The number of carbonyl (C=O) groups excluding carboxylic acids is 2. The van der Waals surface area contributed by atoms with Crippen molar-refractivity contribution in [2.45, 2.75) is 50.6 Å². The fourth-order valence-electron chi connectivity index (χ4n) is 4.29. The van der Waals surface area contributed by atoms with Crippen LogP contribution in [0.4, 0.5) is 10.1 Å². The summed E-state index contributed by atoms with van der Waals surface area (Å²) in [5.74, 6) is -0.923. The van der Waals surface area contributed by atoms with Crippen molar-refractivity contribution in [3.63, 3.8) is 0 Å². The third-order valence-electron chi connectivity index (χ3n) is 5.83. The molecular formula is C26H27FN2O2S. The van der Waals surface area contributed by atoms with Crippen molar-refractivity contribution in [3.05, 3.63) is 88.4 Å². The molecule has 3 aromatic rings. The third-order valence-corrected chi connectivity index (χ3v) is 6.71. The molecule has 0 spiro atoms. The molecule has 0 unspecified atom stereocenters. The van der Waals surface area contributed by atoms with E-state index in [1.54, 1.807) is 12.1 Å². The van der Waals surface area contributed by atoms with Gasteiger partial charge in [0.15, 0.2) is 0 Å². The van der Waals surface area contributed by atoms with E-state index in [9.17, 15) is 14.0 Å². The van der Waals surface area contributed by atoms with Gasteiger partial charge < -0.3 is 5.32 Å². The molecule has 1 N–H and O–H groups in total. The quantitative estimate of drug-likeness (QED) is 0.505. The van der Waals surface area contributed by atoms with E-state index in [1.165, 1.54) is 34.8 Å². The molecule has 2 amide bonds. The van der Waals surface area contributed by atoms with E-state index in [1.807, 2.05) is 47.8 Å². The van der Waals surface area contributed by atoms with Crippen LogP contribution in [0.2, 0.25) is 0 Å². The maximum Gasteiger partial charge on any atom is 0.248 e. The minimum atomic E-state index is -0.882. The summed E-state index contributed by atoms with van der Waals surface area (Å²) in [6.07, 6.45) is 5.39. The lowest BCUT2D eigenvalue weighted by molar-refractivity contribution is -0.127. The first kappa shape index (κ1) is 22.2. The number of hydrogen-bond donors (Lipinski definition) is 1. The first-order valence-corrected chi connectivity index (χ1v) is 11.9. The fourth-order valence-corrected chi connectivity index (χ4v) is 4.99. The Morgan fingerprint density at radius 1 is 1.00 bits per heavy atom. The topological polar surface area (TPSA) is 49.4 Å². The minimum Gasteiger partial charge on any atom is -0.351 e. The number of anilines is 1. The zero-order valence-corrected chi connectivity index (χ0v) is 18.7. The molecule has 0 radical (unpaired) electrons. The molecular weight excluding hydrogens is 423 g/mol. The smallest absolute Gasteiger partial charge is 0.248 e. The predicted octanol–water partition coefficient (Wildman–Crippen LogP) is 5.65. The van der Waals surface area contributed by atoms with Gasteiger partial charge in [-0.1, -0.05) is 61.7 Å². The van der Waals surface area contributed by atoms with Crippen LogP contribution in [-0.2, 0) is 16.0 Å². The van der Waals surface area contributed by atoms with Gasteiger partial charge in [0.1, 0.15) is 11.9 Å². The summed E-state index contributed by atoms with van der Waals surface area (Å²) in [4.78, 5) is 29.5. The average molecular weight is 451 g/mol. The number of halogens is 1. The molecule has 1 saturated carbocycles. The van der Waals surface area contributed by atoms with Crippen molar-refractivity contribution in [2.75, 3.05) is 4.90 Å². The van der Waals surface area contributed by atoms with Crippen LogP contribution < -0.4 is 10.2 Å². The van der Waals surface area contributed by atoms with Crippen LogP contribution in [0.5, 0.6) is 0 Å². The molecule has 1 aliphatic rings. The Bertz CT molecular complexity index is 1030. The van der Waals surface area contributed by atoms with Gasteiger partial charge in [0.2, 0.25) is 11.8 Å². The van der Waals surface area contributed by atoms with Crippen LogP contribution in [0, 0.1) is 5.82 Å². The summed E-state index contributed by atoms with van der Waals surface area (Å²) in [6, 6.07) is 18.2. The SMILES string of the molecule is O=C(NC1CCCCC1)[C@H](c1ccccc1)N(C(=O)Cc1cccs1)c1cccc(F)c1. The molecule has 1 aromatic heterocycles. The molecule has 4 rings (SSSR count). The molecule has 1 aliphatic carbocycles. The number of amides is 2. The number of nitrogens with one attached hydrogen (secondary N) is 1. The average Bonchev–Trinajstić information content (AvgIpc) is 3.31. The van der Waals surface area contributed by atoms with Crippen LogP contribution in [0.3, 0.4) is 0 Å². The highest BCUT2D eigenvalue weighted by molar-refractivity contribution is 7.10. The van der Waals surface area contributed by atoms with Gasteiger partial charge >= 0.3 is 0 Å². The first-order valence-electron chi connectivity index (χ1n) is 11.1. The lowest BCUT2D eigenvalue weighted by Crippen LogP contribution is -2.47. The molecule has 2 aromatic carbocycles. The molecule has 0 aliphatic heterocycles. The van der Waals surface area contributed by atoms with Gasteiger partial charge in [-0.2, -0.15) is 0 Å². The molecule has 4 nitrogen and oxygen atoms in total. The summed E-state index contributed by atoms with van der Waals surface area (Å²) < 4.78 is 14.2. The van der Waals surface area contributed by atoms with Crippen molar-refractivity contribution in [1.29, 1.82) is 0 Å². The zero-order chi connectivity index (χ0) is 22.3. The van der Waals surface area contributed by atoms with E-state index >= 15 is 0 Å². The summed E-state index contributed by atoms with van der Waals surface area (Å²) in [7, 11) is 0. The highest BCUT2D eigenvalue weighted by Gasteiger charge is 2.34. The first-order chi connectivity index (χ1) is 15.6. The fraction of sp³-hybridized carbons (Fsp3) is 0.308. The maximum atomic E-state index is 14.2. The van der Waals surface area contributed by atoms with E-state index in [4.69, 9.17) is 0 Å². The highest BCUT2D eigenvalue weighted by atomic mass is 32.1. The molecule has 32 heavy (non-hydrogen) atoms. The number of hydrogen-bond acceptors (Lipinski definition) is 3. The van der Waals surface area contributed by atoms with Crippen molar-refractivity contribution < 1.29 is 14.0 Å². The molecule has 1 heterocycles. The van der Waals surface area contributed by atoms with E-state index in [2.05, 4.69) is 5.32 Å². The van der Waals surface area contributed by atoms with Crippen LogP contribution in [-0.4, -0.2) is 17.9 Å². The second kappa shape index (κ2) is 10.6. The van der Waals surface area contributed by atoms with E-state index in [-0.39, 0.29) is 24.3 Å². The van der Waals surface area contributed by atoms with Gasteiger partial charge in [-0.3, -0.25) is 14.5 Å². The number of rotatable bonds is 7. The highest BCUT2D eigenvalue weighted by Crippen LogP contribution is 2.30. The summed E-state index contributed by atoms with van der Waals surface area (Å²) >= 11 is 1.49. The van der Waals surface area contributed by atoms with Gasteiger partial charge in [0, 0.05) is 16.6 Å². The van der Waals surface area contributed by atoms with E-state index < -0.39 is 11.9 Å². The van der Waals surface area contributed by atoms with Gasteiger partial charge in [-0.05, 0) is 48.1 Å². The Morgan fingerprint density at radius 2 is 1.78 bits per heavy atom. The van der Waals surface area contributed by atoms with Crippen LogP contribution in [0.25, 0.3) is 0 Å². The number of nitrogens with zero attached hydrogens (tertiary/aromatic N) is 1. The molecule has 166 valence electrons. The Kier molecular flexibility index (Phi) is 7.32. The second-order valence-electron chi connectivity index (χ2n) is 8.16. The van der Waals surface area contributed by atoms with E-state index in [0.29, 0.717) is 11.3 Å². The zero-order valence-electron chi connectivity index (χ0n) is 17.9.